The number of aryl methyl sites for hydroxylation is 11. The van der Waals surface area contributed by atoms with Gasteiger partial charge in [-0.3, -0.25) is 0 Å². The first-order valence-electron chi connectivity index (χ1n) is 43.4. The third-order valence-electron chi connectivity index (χ3n) is 17.0. The molecular weight excluding hydrogens is 1390 g/mol. The predicted molar refractivity (Wildman–Crippen MR) is 492 cm³/mol. The molecule has 0 atom stereocenters. The lowest BCUT2D eigenvalue weighted by atomic mass is 10.1. The van der Waals surface area contributed by atoms with Crippen molar-refractivity contribution in [2.45, 2.75) is 266 Å². The summed E-state index contributed by atoms with van der Waals surface area (Å²) < 4.78 is 18.3. The fourth-order valence-electron chi connectivity index (χ4n) is 7.83. The van der Waals surface area contributed by atoms with Crippen LogP contribution in [-0.4, -0.2) is 68.8 Å². The number of rotatable bonds is 17. The summed E-state index contributed by atoms with van der Waals surface area (Å²) in [6, 6.07) is 37.8. The molecule has 0 unspecified atom stereocenters. The topological polar surface area (TPSA) is 86.1 Å². The fraction of sp³-hybridized carbons (Fsp3) is 0.576. The van der Waals surface area contributed by atoms with Crippen LogP contribution in [0.5, 0.6) is 0 Å². The normalized spacial score (nSPS) is 9.95. The number of pyridine rings is 7. The highest BCUT2D eigenvalue weighted by Gasteiger charge is 2.12. The molecule has 10 rings (SSSR count). The smallest absolute Gasteiger partial charge is 0.243 e. The molecule has 113 heavy (non-hydrogen) atoms. The third-order valence-corrected chi connectivity index (χ3v) is 17.0. The Morgan fingerprint density at radius 3 is 1.02 bits per heavy atom. The lowest BCUT2D eigenvalue weighted by Gasteiger charge is -2.16. The summed E-state index contributed by atoms with van der Waals surface area (Å²) in [4.78, 5) is 6.54. The molecule has 0 amide bonds. The molecule has 9 heterocycles. The van der Waals surface area contributed by atoms with Crippen LogP contribution in [0.2, 0.25) is 0 Å². The van der Waals surface area contributed by atoms with E-state index in [4.69, 9.17) is 10.2 Å². The van der Waals surface area contributed by atoms with Crippen molar-refractivity contribution in [2.24, 2.45) is 63.4 Å². The molecule has 1 aliphatic rings. The van der Waals surface area contributed by atoms with Crippen molar-refractivity contribution in [3.8, 4) is 0 Å². The van der Waals surface area contributed by atoms with Crippen LogP contribution in [0.3, 0.4) is 0 Å². The Labute approximate surface area is 698 Å². The van der Waals surface area contributed by atoms with E-state index < -0.39 is 0 Å². The number of likely N-dealkylation sites (N-methyl/N-ethyl adjacent to an activating group) is 1. The fourth-order valence-corrected chi connectivity index (χ4v) is 7.83. The highest BCUT2D eigenvalue weighted by molar-refractivity contribution is 5.74. The van der Waals surface area contributed by atoms with Crippen LogP contribution in [0, 0.1) is 6.92 Å². The van der Waals surface area contributed by atoms with Gasteiger partial charge in [0.15, 0.2) is 80.6 Å². The number of nitrogens with zero attached hydrogens (tertiary/aromatic N) is 12. The Morgan fingerprint density at radius 2 is 0.717 bits per heavy atom. The number of fused-ring (bicyclic) bond motifs is 1. The number of anilines is 3. The summed E-state index contributed by atoms with van der Waals surface area (Å²) in [5.41, 5.74) is 9.00. The molecular formula is C99H180N12O2+8. The largest absolute Gasteiger partial charge is 0.396 e. The number of aliphatic hydroxyl groups is 2. The van der Waals surface area contributed by atoms with Crippen molar-refractivity contribution >= 4 is 28.0 Å². The number of imidazole rings is 1. The molecule has 0 spiro atoms. The second kappa shape index (κ2) is 85.0. The number of para-hydroxylation sites is 1. The molecule has 1 aliphatic heterocycles. The highest BCUT2D eigenvalue weighted by Crippen LogP contribution is 2.18. The molecule has 8 aromatic heterocycles. The molecule has 0 bridgehead atoms. The Morgan fingerprint density at radius 1 is 0.381 bits per heavy atom. The number of hydrogen-bond acceptors (Lipinski definition) is 5. The van der Waals surface area contributed by atoms with Crippen molar-refractivity contribution in [1.82, 2.24) is 4.57 Å². The molecule has 14 nitrogen and oxygen atoms in total. The van der Waals surface area contributed by atoms with Gasteiger partial charge >= 0.3 is 0 Å². The average Bonchev–Trinajstić information content (AvgIpc) is 1.85. The minimum atomic E-state index is 0.192. The van der Waals surface area contributed by atoms with Crippen molar-refractivity contribution in [3.05, 3.63) is 225 Å². The Bertz CT molecular complexity index is 3180. The molecule has 1 fully saturated rings. The van der Waals surface area contributed by atoms with Gasteiger partial charge in [0, 0.05) is 155 Å². The number of aromatic nitrogens is 9. The molecule has 0 saturated carbocycles. The Balaban J connectivity index is -0.000000275. The zero-order valence-corrected chi connectivity index (χ0v) is 79.1. The van der Waals surface area contributed by atoms with Gasteiger partial charge in [-0.05, 0) is 67.3 Å². The molecule has 640 valence electrons. The maximum atomic E-state index is 8.71. The maximum Gasteiger partial charge on any atom is 0.243 e. The quantitative estimate of drug-likeness (QED) is 0.0887. The van der Waals surface area contributed by atoms with E-state index in [2.05, 4.69) is 286 Å². The van der Waals surface area contributed by atoms with Gasteiger partial charge in [0.05, 0.1) is 20.7 Å². The summed E-state index contributed by atoms with van der Waals surface area (Å²) in [5.74, 6) is 0.640. The van der Waals surface area contributed by atoms with Crippen LogP contribution in [0.25, 0.3) is 10.9 Å². The van der Waals surface area contributed by atoms with Gasteiger partial charge in [0.1, 0.15) is 61.7 Å². The minimum Gasteiger partial charge on any atom is -0.396 e. The second-order valence-corrected chi connectivity index (χ2v) is 29.0. The van der Waals surface area contributed by atoms with Gasteiger partial charge in [0.2, 0.25) is 11.8 Å². The molecule has 14 heteroatoms. The van der Waals surface area contributed by atoms with Crippen molar-refractivity contribution in [1.29, 1.82) is 0 Å². The molecule has 2 N–H and O–H groups in total. The molecule has 1 aromatic carbocycles. The summed E-state index contributed by atoms with van der Waals surface area (Å²) in [5, 5.41) is 18.6. The minimum absolute atomic E-state index is 0.192. The summed E-state index contributed by atoms with van der Waals surface area (Å²) >= 11 is 0. The van der Waals surface area contributed by atoms with Crippen LogP contribution < -0.4 is 51.2 Å². The van der Waals surface area contributed by atoms with Gasteiger partial charge < -0.3 is 24.9 Å². The zero-order valence-electron chi connectivity index (χ0n) is 79.1. The van der Waals surface area contributed by atoms with E-state index in [0.717, 1.165) is 18.5 Å². The lowest BCUT2D eigenvalue weighted by molar-refractivity contribution is -0.671. The number of hydrogen-bond donors (Lipinski definition) is 2. The van der Waals surface area contributed by atoms with E-state index in [-0.39, 0.29) is 13.2 Å². The third kappa shape index (κ3) is 75.2. The summed E-state index contributed by atoms with van der Waals surface area (Å²) in [7, 11) is 24.2. The van der Waals surface area contributed by atoms with E-state index in [9.17, 15) is 0 Å². The molecule has 0 radical (unpaired) electrons. The van der Waals surface area contributed by atoms with Crippen LogP contribution in [0.1, 0.15) is 269 Å². The Hall–Kier alpha value is -7.94. The predicted octanol–water partition coefficient (Wildman–Crippen LogP) is 20.5. The van der Waals surface area contributed by atoms with Gasteiger partial charge in [-0.1, -0.05) is 239 Å². The van der Waals surface area contributed by atoms with E-state index >= 15 is 0 Å². The van der Waals surface area contributed by atoms with E-state index in [0.29, 0.717) is 12.5 Å². The second-order valence-electron chi connectivity index (χ2n) is 29.0. The van der Waals surface area contributed by atoms with Gasteiger partial charge in [-0.25, -0.2) is 41.1 Å². The van der Waals surface area contributed by atoms with E-state index in [1.165, 1.54) is 168 Å². The number of benzene rings is 1. The number of unbranched alkanes of at least 4 members (excludes halogenated alkanes) is 8. The SMILES string of the molecule is CC(C)c1cc[n+](C)cc1.CCCC.CCCC.CCCC.CCCC.CCCC.CCCC.CCCC.CCCC.CN(C)c1cc[n+](C)cc1.CN(CCO)c1cc[n+](C)cc1.C[n+]1ccc(CCCO)cc1.C[n+]1ccc(N2CCCC2)cc1.C[n+]1cccc2ccccc21.Cc1cc[n+](C)cc1.Cn1cc[n+](C)c1. The van der Waals surface area contributed by atoms with Crippen LogP contribution in [-0.2, 0) is 69.8 Å². The molecule has 1 saturated heterocycles. The molecule has 0 aliphatic carbocycles. The lowest BCUT2D eigenvalue weighted by Crippen LogP contribution is -2.28. The average molecular weight is 1570 g/mol. The van der Waals surface area contributed by atoms with Crippen LogP contribution in [0.4, 0.5) is 17.1 Å². The Kier molecular flexibility index (Phi) is 87.2. The van der Waals surface area contributed by atoms with E-state index in [1.54, 1.807) is 0 Å². The first kappa shape index (κ1) is 116. The molecule has 9 aromatic rings. The highest BCUT2D eigenvalue weighted by atomic mass is 16.3. The summed E-state index contributed by atoms with van der Waals surface area (Å²) in [6.07, 6.45) is 58.2. The first-order valence-corrected chi connectivity index (χ1v) is 43.4. The van der Waals surface area contributed by atoms with Crippen LogP contribution >= 0.6 is 0 Å². The zero-order chi connectivity index (χ0) is 86.8. The van der Waals surface area contributed by atoms with Crippen LogP contribution in [0.15, 0.2) is 208 Å². The van der Waals surface area contributed by atoms with Gasteiger partial charge in [0.25, 0.3) is 0 Å². The maximum absolute atomic E-state index is 8.71. The van der Waals surface area contributed by atoms with Crippen molar-refractivity contribution in [3.63, 3.8) is 0 Å². The van der Waals surface area contributed by atoms with E-state index in [1.807, 2.05) is 195 Å². The van der Waals surface area contributed by atoms with Crippen molar-refractivity contribution < 1.29 is 46.7 Å². The van der Waals surface area contributed by atoms with Gasteiger partial charge in [-0.2, -0.15) is 0 Å². The standard InChI is InChI=1S/C10H15N2.C10H10N.C9H15N2O.C9H14NO.C9H14N.C8H13N2.C7H10N.C5H9N2.8C4H10/c1-11-8-4-10(5-9-11)12-6-2-3-7-12;1-11-8-4-6-9-5-2-3-7-10(9)11;1-10-5-3-9(4-6-10)11(2)7-8-12;1-10-6-4-9(5-7-10)3-2-8-11;1-8(2)9-4-6-10(3)7-5-9;1-9(2)8-4-6-10(3)7-5-8;1-7-3-5-8(2)6-4-7;1-6-3-4-7(2)5-6;8*1-3-4-2/h4-5,8-9H,2-3,6-7H2,1H3;2-8H,1H3;3-6,12H,7-8H2,1-2H3;4-7,11H,2-3,8H2,1H3;4-8H,1-3H3;4-7H,1-3H3;3-6H,1-2H3;3-5H,1-2H3;8*3-4H2,1-2H3/q8*+1;;;;;;;;. The summed E-state index contributed by atoms with van der Waals surface area (Å²) in [6.45, 7) is 45.0. The van der Waals surface area contributed by atoms with Gasteiger partial charge in [-0.15, -0.1) is 0 Å². The first-order chi connectivity index (χ1) is 54.1. The monoisotopic (exact) mass is 1570 g/mol. The number of aliphatic hydroxyl groups excluding tert-OH is 2. The van der Waals surface area contributed by atoms with Crippen molar-refractivity contribution in [2.75, 3.05) is 68.7 Å².